The average molecular weight is 262 g/mol. The molecule has 0 unspecified atom stereocenters. The van der Waals surface area contributed by atoms with Crippen LogP contribution in [0.3, 0.4) is 0 Å². The van der Waals surface area contributed by atoms with Crippen molar-refractivity contribution in [2.24, 2.45) is 5.92 Å². The second-order valence-corrected chi connectivity index (χ2v) is 5.32. The first kappa shape index (κ1) is 15.5. The zero-order valence-corrected chi connectivity index (χ0v) is 12.8. The van der Waals surface area contributed by atoms with Crippen LogP contribution < -0.4 is 5.32 Å². The van der Waals surface area contributed by atoms with Gasteiger partial charge in [0.25, 0.3) is 5.91 Å². The smallest absolute Gasteiger partial charge is 0.255 e. The van der Waals surface area contributed by atoms with Crippen molar-refractivity contribution in [3.05, 3.63) is 29.3 Å². The maximum atomic E-state index is 12.6. The van der Waals surface area contributed by atoms with Crippen LogP contribution in [0.5, 0.6) is 0 Å². The fourth-order valence-electron chi connectivity index (χ4n) is 2.15. The predicted molar refractivity (Wildman–Crippen MR) is 81.8 cm³/mol. The van der Waals surface area contributed by atoms with E-state index in [9.17, 15) is 4.79 Å². The van der Waals surface area contributed by atoms with E-state index >= 15 is 0 Å². The average Bonchev–Trinajstić information content (AvgIpc) is 2.37. The van der Waals surface area contributed by atoms with E-state index in [1.165, 1.54) is 0 Å². The molecule has 0 aliphatic heterocycles. The molecule has 1 aromatic carbocycles. The third-order valence-electron chi connectivity index (χ3n) is 3.03. The van der Waals surface area contributed by atoms with Crippen LogP contribution in [-0.4, -0.2) is 30.4 Å². The minimum atomic E-state index is 0.121. The van der Waals surface area contributed by atoms with Gasteiger partial charge in [-0.1, -0.05) is 25.5 Å². The minimum Gasteiger partial charge on any atom is -0.385 e. The molecular weight excluding hydrogens is 236 g/mol. The third-order valence-corrected chi connectivity index (χ3v) is 3.03. The Balaban J connectivity index is 3.05. The highest BCUT2D eigenvalue weighted by atomic mass is 16.2. The van der Waals surface area contributed by atoms with Gasteiger partial charge >= 0.3 is 0 Å². The molecule has 0 aliphatic carbocycles. The molecule has 0 bridgehead atoms. The Morgan fingerprint density at radius 2 is 2.00 bits per heavy atom. The monoisotopic (exact) mass is 262 g/mol. The SMILES string of the molecule is CCNc1ccc(C)cc1C(=O)N(CC)CC(C)C. The van der Waals surface area contributed by atoms with E-state index in [2.05, 4.69) is 19.2 Å². The molecule has 0 radical (unpaired) electrons. The van der Waals surface area contributed by atoms with Gasteiger partial charge in [-0.2, -0.15) is 0 Å². The number of nitrogens with zero attached hydrogens (tertiary/aromatic N) is 1. The zero-order chi connectivity index (χ0) is 14.4. The van der Waals surface area contributed by atoms with Gasteiger partial charge in [-0.25, -0.2) is 0 Å². The number of rotatable bonds is 6. The summed E-state index contributed by atoms with van der Waals surface area (Å²) >= 11 is 0. The minimum absolute atomic E-state index is 0.121. The molecule has 1 rings (SSSR count). The fourth-order valence-corrected chi connectivity index (χ4v) is 2.15. The Bertz CT molecular complexity index is 427. The van der Waals surface area contributed by atoms with Crippen LogP contribution >= 0.6 is 0 Å². The first-order valence-electron chi connectivity index (χ1n) is 7.13. The Kier molecular flexibility index (Phi) is 5.87. The van der Waals surface area contributed by atoms with E-state index < -0.39 is 0 Å². The number of anilines is 1. The summed E-state index contributed by atoms with van der Waals surface area (Å²) in [6.45, 7) is 12.7. The largest absolute Gasteiger partial charge is 0.385 e. The summed E-state index contributed by atoms with van der Waals surface area (Å²) in [5.74, 6) is 0.604. The third kappa shape index (κ3) is 4.27. The molecule has 0 spiro atoms. The molecule has 0 saturated heterocycles. The normalized spacial score (nSPS) is 10.6. The number of amides is 1. The van der Waals surface area contributed by atoms with Crippen LogP contribution in [0.2, 0.25) is 0 Å². The molecule has 3 heteroatoms. The lowest BCUT2D eigenvalue weighted by atomic mass is 10.1. The molecular formula is C16H26N2O. The molecule has 0 aromatic heterocycles. The van der Waals surface area contributed by atoms with Gasteiger partial charge in [0.2, 0.25) is 0 Å². The highest BCUT2D eigenvalue weighted by molar-refractivity contribution is 5.99. The van der Waals surface area contributed by atoms with Crippen molar-refractivity contribution in [3.8, 4) is 0 Å². The summed E-state index contributed by atoms with van der Waals surface area (Å²) in [5, 5.41) is 3.27. The van der Waals surface area contributed by atoms with E-state index in [1.54, 1.807) is 0 Å². The Morgan fingerprint density at radius 1 is 1.32 bits per heavy atom. The summed E-state index contributed by atoms with van der Waals surface area (Å²) < 4.78 is 0. The topological polar surface area (TPSA) is 32.3 Å². The maximum Gasteiger partial charge on any atom is 0.255 e. The molecule has 1 aromatic rings. The summed E-state index contributed by atoms with van der Waals surface area (Å²) in [7, 11) is 0. The lowest BCUT2D eigenvalue weighted by molar-refractivity contribution is 0.0746. The van der Waals surface area contributed by atoms with Gasteiger partial charge in [0.05, 0.1) is 5.56 Å². The predicted octanol–water partition coefficient (Wildman–Crippen LogP) is 3.54. The lowest BCUT2D eigenvalue weighted by Crippen LogP contribution is -2.34. The fraction of sp³-hybridized carbons (Fsp3) is 0.562. The number of nitrogens with one attached hydrogen (secondary N) is 1. The van der Waals surface area contributed by atoms with Gasteiger partial charge < -0.3 is 10.2 Å². The van der Waals surface area contributed by atoms with Crippen LogP contribution in [0.4, 0.5) is 5.69 Å². The first-order chi connectivity index (χ1) is 8.99. The van der Waals surface area contributed by atoms with Crippen molar-refractivity contribution in [2.45, 2.75) is 34.6 Å². The van der Waals surface area contributed by atoms with E-state index in [0.29, 0.717) is 5.92 Å². The van der Waals surface area contributed by atoms with Crippen LogP contribution in [0.15, 0.2) is 18.2 Å². The van der Waals surface area contributed by atoms with Crippen LogP contribution in [0, 0.1) is 12.8 Å². The molecule has 0 fully saturated rings. The molecule has 1 N–H and O–H groups in total. The molecule has 0 aliphatic rings. The Hall–Kier alpha value is -1.51. The Morgan fingerprint density at radius 3 is 2.53 bits per heavy atom. The van der Waals surface area contributed by atoms with Gasteiger partial charge in [0, 0.05) is 25.3 Å². The van der Waals surface area contributed by atoms with Crippen molar-refractivity contribution in [2.75, 3.05) is 25.0 Å². The second kappa shape index (κ2) is 7.17. The Labute approximate surface area is 117 Å². The van der Waals surface area contributed by atoms with Crippen molar-refractivity contribution >= 4 is 11.6 Å². The van der Waals surface area contributed by atoms with E-state index in [0.717, 1.165) is 36.4 Å². The maximum absolute atomic E-state index is 12.6. The van der Waals surface area contributed by atoms with Crippen LogP contribution in [-0.2, 0) is 0 Å². The first-order valence-corrected chi connectivity index (χ1v) is 7.13. The quantitative estimate of drug-likeness (QED) is 0.850. The summed E-state index contributed by atoms with van der Waals surface area (Å²) in [5.41, 5.74) is 2.83. The van der Waals surface area contributed by atoms with E-state index in [4.69, 9.17) is 0 Å². The molecule has 0 heterocycles. The van der Waals surface area contributed by atoms with E-state index in [1.807, 2.05) is 43.9 Å². The highest BCUT2D eigenvalue weighted by Gasteiger charge is 2.18. The second-order valence-electron chi connectivity index (χ2n) is 5.32. The molecule has 0 saturated carbocycles. The number of hydrogen-bond acceptors (Lipinski definition) is 2. The summed E-state index contributed by atoms with van der Waals surface area (Å²) in [4.78, 5) is 14.6. The van der Waals surface area contributed by atoms with Crippen molar-refractivity contribution < 1.29 is 4.79 Å². The molecule has 106 valence electrons. The van der Waals surface area contributed by atoms with E-state index in [-0.39, 0.29) is 5.91 Å². The number of carbonyl (C=O) groups is 1. The molecule has 0 atom stereocenters. The standard InChI is InChI=1S/C16H26N2O/c1-6-17-15-9-8-13(5)10-14(15)16(19)18(7-2)11-12(3)4/h8-10,12,17H,6-7,11H2,1-5H3. The van der Waals surface area contributed by atoms with Gasteiger partial charge in [-0.05, 0) is 38.8 Å². The molecule has 3 nitrogen and oxygen atoms in total. The van der Waals surface area contributed by atoms with Gasteiger partial charge in [0.15, 0.2) is 0 Å². The number of aryl methyl sites for hydroxylation is 1. The molecule has 19 heavy (non-hydrogen) atoms. The zero-order valence-electron chi connectivity index (χ0n) is 12.8. The molecule has 1 amide bonds. The van der Waals surface area contributed by atoms with Crippen LogP contribution in [0.1, 0.15) is 43.6 Å². The summed E-state index contributed by atoms with van der Waals surface area (Å²) in [6.07, 6.45) is 0. The summed E-state index contributed by atoms with van der Waals surface area (Å²) in [6, 6.07) is 6.01. The van der Waals surface area contributed by atoms with Gasteiger partial charge in [-0.15, -0.1) is 0 Å². The number of hydrogen-bond donors (Lipinski definition) is 1. The lowest BCUT2D eigenvalue weighted by Gasteiger charge is -2.24. The van der Waals surface area contributed by atoms with Crippen molar-refractivity contribution in [1.29, 1.82) is 0 Å². The van der Waals surface area contributed by atoms with Crippen LogP contribution in [0.25, 0.3) is 0 Å². The van der Waals surface area contributed by atoms with Gasteiger partial charge in [0.1, 0.15) is 0 Å². The highest BCUT2D eigenvalue weighted by Crippen LogP contribution is 2.20. The number of benzene rings is 1. The van der Waals surface area contributed by atoms with Crippen molar-refractivity contribution in [3.63, 3.8) is 0 Å². The number of carbonyl (C=O) groups excluding carboxylic acids is 1. The van der Waals surface area contributed by atoms with Crippen molar-refractivity contribution in [1.82, 2.24) is 4.90 Å². The van der Waals surface area contributed by atoms with Gasteiger partial charge in [-0.3, -0.25) is 4.79 Å².